The number of nitrogens with one attached hydrogen (secondary N) is 1. The van der Waals surface area contributed by atoms with Crippen LogP contribution in [-0.4, -0.2) is 65.9 Å². The number of rotatable bonds is 6. The number of piperazine rings is 1. The third kappa shape index (κ3) is 5.14. The van der Waals surface area contributed by atoms with E-state index in [1.807, 2.05) is 39.7 Å². The Morgan fingerprint density at radius 2 is 1.56 bits per heavy atom. The molecule has 0 spiro atoms. The van der Waals surface area contributed by atoms with Gasteiger partial charge in [-0.2, -0.15) is 0 Å². The number of anilines is 3. The van der Waals surface area contributed by atoms with Crippen LogP contribution in [0.2, 0.25) is 0 Å². The maximum absolute atomic E-state index is 5.98. The van der Waals surface area contributed by atoms with Crippen molar-refractivity contribution in [1.82, 2.24) is 14.9 Å². The predicted octanol–water partition coefficient (Wildman–Crippen LogP) is 4.01. The molecule has 7 nitrogen and oxygen atoms in total. The van der Waals surface area contributed by atoms with Gasteiger partial charge in [-0.3, -0.25) is 0 Å². The molecular weight excluding hydrogens is 401 g/mol. The fraction of sp³-hybridized carbons (Fsp3) is 0.500. The molecule has 8 heteroatoms. The van der Waals surface area contributed by atoms with Crippen LogP contribution in [0.5, 0.6) is 0 Å². The molecule has 0 radical (unpaired) electrons. The first-order valence-electron chi connectivity index (χ1n) is 11.5. The summed E-state index contributed by atoms with van der Waals surface area (Å²) in [4.78, 5) is 13.8. The lowest BCUT2D eigenvalue weighted by Crippen LogP contribution is -2.46. The Kier molecular flexibility index (Phi) is 6.56. The fourth-order valence-corrected chi connectivity index (χ4v) is 3.85. The Labute approximate surface area is 192 Å². The summed E-state index contributed by atoms with van der Waals surface area (Å²) in [5, 5.41) is 3.27. The molecule has 4 rings (SSSR count). The summed E-state index contributed by atoms with van der Waals surface area (Å²) in [6.07, 6.45) is 5.51. The number of hydrogen-bond donors (Lipinski definition) is 1. The monoisotopic (exact) mass is 435 g/mol. The van der Waals surface area contributed by atoms with Gasteiger partial charge in [-0.15, -0.1) is 0 Å². The smallest absolute Gasteiger partial charge is 0.400 e. The van der Waals surface area contributed by atoms with E-state index in [4.69, 9.17) is 9.31 Å². The van der Waals surface area contributed by atoms with E-state index in [0.717, 1.165) is 44.0 Å². The minimum Gasteiger partial charge on any atom is -0.400 e. The lowest BCUT2D eigenvalue weighted by Gasteiger charge is -2.35. The normalized spacial score (nSPS) is 20.8. The molecule has 170 valence electrons. The zero-order valence-electron chi connectivity index (χ0n) is 19.8. The number of aromatic nitrogens is 2. The lowest BCUT2D eigenvalue weighted by atomic mass is 9.89. The highest BCUT2D eigenvalue weighted by atomic mass is 16.7. The van der Waals surface area contributed by atoms with Crippen molar-refractivity contribution in [2.24, 2.45) is 0 Å². The summed E-state index contributed by atoms with van der Waals surface area (Å²) in [7, 11) is -0.374. The number of benzene rings is 1. The van der Waals surface area contributed by atoms with Crippen LogP contribution in [0.1, 0.15) is 40.2 Å². The molecule has 3 heterocycles. The highest BCUT2D eigenvalue weighted by molar-refractivity contribution is 6.52. The summed E-state index contributed by atoms with van der Waals surface area (Å²) in [5.41, 5.74) is 2.45. The third-order valence-electron chi connectivity index (χ3n) is 6.70. The predicted molar refractivity (Wildman–Crippen MR) is 131 cm³/mol. The fourth-order valence-electron chi connectivity index (χ4n) is 3.85. The van der Waals surface area contributed by atoms with Gasteiger partial charge in [0.25, 0.3) is 0 Å². The SMILES string of the molecule is CCN1CCN(c2ccc(Nc3ncc(C=CB4OC(C)(C)C(C)(C)O4)cn3)cc2)CC1. The van der Waals surface area contributed by atoms with Gasteiger partial charge in [0.1, 0.15) is 0 Å². The molecule has 2 fully saturated rings. The van der Waals surface area contributed by atoms with Gasteiger partial charge in [0.05, 0.1) is 11.2 Å². The van der Waals surface area contributed by atoms with Crippen molar-refractivity contribution in [3.63, 3.8) is 0 Å². The maximum Gasteiger partial charge on any atom is 0.487 e. The molecule has 1 aromatic carbocycles. The minimum atomic E-state index is -0.374. The highest BCUT2D eigenvalue weighted by Gasteiger charge is 2.50. The highest BCUT2D eigenvalue weighted by Crippen LogP contribution is 2.37. The summed E-state index contributed by atoms with van der Waals surface area (Å²) < 4.78 is 12.0. The van der Waals surface area contributed by atoms with Crippen molar-refractivity contribution in [3.05, 3.63) is 48.2 Å². The Morgan fingerprint density at radius 1 is 0.969 bits per heavy atom. The van der Waals surface area contributed by atoms with Crippen molar-refractivity contribution >= 4 is 30.5 Å². The van der Waals surface area contributed by atoms with Crippen LogP contribution in [0.15, 0.2) is 42.6 Å². The molecule has 2 aromatic rings. The van der Waals surface area contributed by atoms with Crippen LogP contribution in [0.25, 0.3) is 6.08 Å². The van der Waals surface area contributed by atoms with Crippen LogP contribution in [0.4, 0.5) is 17.3 Å². The van der Waals surface area contributed by atoms with Gasteiger partial charge >= 0.3 is 7.12 Å². The Balaban J connectivity index is 1.31. The van der Waals surface area contributed by atoms with E-state index >= 15 is 0 Å². The second kappa shape index (κ2) is 9.21. The second-order valence-corrected chi connectivity index (χ2v) is 9.42. The van der Waals surface area contributed by atoms with Gasteiger partial charge in [0.15, 0.2) is 0 Å². The number of nitrogens with zero attached hydrogens (tertiary/aromatic N) is 4. The molecule has 0 atom stereocenters. The molecule has 0 aliphatic carbocycles. The molecule has 1 aromatic heterocycles. The van der Waals surface area contributed by atoms with Crippen molar-refractivity contribution in [2.75, 3.05) is 42.9 Å². The molecule has 0 unspecified atom stereocenters. The van der Waals surface area contributed by atoms with Gasteiger partial charge in [-0.05, 0) is 58.5 Å². The van der Waals surface area contributed by atoms with Crippen molar-refractivity contribution < 1.29 is 9.31 Å². The second-order valence-electron chi connectivity index (χ2n) is 9.42. The van der Waals surface area contributed by atoms with Crippen LogP contribution in [0, 0.1) is 0 Å². The van der Waals surface area contributed by atoms with E-state index in [1.54, 1.807) is 12.4 Å². The maximum atomic E-state index is 5.98. The molecule has 0 amide bonds. The quantitative estimate of drug-likeness (QED) is 0.688. The zero-order chi connectivity index (χ0) is 22.8. The van der Waals surface area contributed by atoms with Gasteiger partial charge in [0, 0.05) is 55.5 Å². The molecule has 1 N–H and O–H groups in total. The summed E-state index contributed by atoms with van der Waals surface area (Å²) in [6, 6.07) is 8.48. The molecular formula is C24H34BN5O2. The molecule has 2 aliphatic rings. The third-order valence-corrected chi connectivity index (χ3v) is 6.70. The summed E-state index contributed by atoms with van der Waals surface area (Å²) >= 11 is 0. The average Bonchev–Trinajstić information content (AvgIpc) is 3.00. The van der Waals surface area contributed by atoms with E-state index in [9.17, 15) is 0 Å². The van der Waals surface area contributed by atoms with Crippen LogP contribution in [0.3, 0.4) is 0 Å². The van der Waals surface area contributed by atoms with E-state index in [0.29, 0.717) is 5.95 Å². The number of likely N-dealkylation sites (N-methyl/N-ethyl adjacent to an activating group) is 1. The van der Waals surface area contributed by atoms with E-state index < -0.39 is 0 Å². The summed E-state index contributed by atoms with van der Waals surface area (Å²) in [6.45, 7) is 15.9. The van der Waals surface area contributed by atoms with E-state index in [1.165, 1.54) is 5.69 Å². The molecule has 0 bridgehead atoms. The van der Waals surface area contributed by atoms with E-state index in [2.05, 4.69) is 56.3 Å². The van der Waals surface area contributed by atoms with E-state index in [-0.39, 0.29) is 18.3 Å². The molecule has 0 saturated carbocycles. The van der Waals surface area contributed by atoms with Gasteiger partial charge in [-0.25, -0.2) is 9.97 Å². The molecule has 2 aliphatic heterocycles. The first kappa shape index (κ1) is 22.8. The van der Waals surface area contributed by atoms with Crippen LogP contribution < -0.4 is 10.2 Å². The van der Waals surface area contributed by atoms with Gasteiger partial charge in [-0.1, -0.05) is 19.0 Å². The van der Waals surface area contributed by atoms with Crippen molar-refractivity contribution in [1.29, 1.82) is 0 Å². The largest absolute Gasteiger partial charge is 0.487 e. The average molecular weight is 435 g/mol. The Hall–Kier alpha value is -2.42. The van der Waals surface area contributed by atoms with Crippen molar-refractivity contribution in [3.8, 4) is 0 Å². The topological polar surface area (TPSA) is 62.8 Å². The zero-order valence-corrected chi connectivity index (χ0v) is 19.8. The minimum absolute atomic E-state index is 0.342. The van der Waals surface area contributed by atoms with Gasteiger partial charge < -0.3 is 24.4 Å². The standard InChI is InChI=1S/C24H34BN5O2/c1-6-29-13-15-30(16-14-29)21-9-7-20(8-10-21)28-22-26-17-19(18-27-22)11-12-25-31-23(2,3)24(4,5)32-25/h7-12,17-18H,6,13-16H2,1-5H3,(H,26,27,28). The summed E-state index contributed by atoms with van der Waals surface area (Å²) in [5.74, 6) is 2.48. The first-order chi connectivity index (χ1) is 15.3. The molecule has 32 heavy (non-hydrogen) atoms. The Morgan fingerprint density at radius 3 is 2.12 bits per heavy atom. The first-order valence-corrected chi connectivity index (χ1v) is 11.5. The lowest BCUT2D eigenvalue weighted by molar-refractivity contribution is 0.00578. The Bertz CT molecular complexity index is 906. The molecule has 2 saturated heterocycles. The van der Waals surface area contributed by atoms with Crippen LogP contribution >= 0.6 is 0 Å². The van der Waals surface area contributed by atoms with Crippen LogP contribution in [-0.2, 0) is 9.31 Å². The van der Waals surface area contributed by atoms with Crippen molar-refractivity contribution in [2.45, 2.75) is 45.8 Å². The van der Waals surface area contributed by atoms with Gasteiger partial charge in [0.2, 0.25) is 5.95 Å². The number of hydrogen-bond acceptors (Lipinski definition) is 7.